The van der Waals surface area contributed by atoms with Crippen molar-refractivity contribution in [3.8, 4) is 0 Å². The molecule has 0 unspecified atom stereocenters. The highest BCUT2D eigenvalue weighted by molar-refractivity contribution is 5.80. The number of rotatable bonds is 3. The molecule has 6 nitrogen and oxygen atoms in total. The van der Waals surface area contributed by atoms with Crippen molar-refractivity contribution in [2.45, 2.75) is 39.3 Å². The first-order valence-electron chi connectivity index (χ1n) is 5.00. The van der Waals surface area contributed by atoms with Crippen LogP contribution in [0.4, 0.5) is 4.79 Å². The van der Waals surface area contributed by atoms with Gasteiger partial charge >= 0.3 is 12.0 Å². The van der Waals surface area contributed by atoms with Gasteiger partial charge in [-0.3, -0.25) is 4.84 Å². The quantitative estimate of drug-likeness (QED) is 0.331. The van der Waals surface area contributed by atoms with Crippen molar-refractivity contribution < 1.29 is 24.2 Å². The van der Waals surface area contributed by atoms with Crippen molar-refractivity contribution in [1.82, 2.24) is 5.32 Å². The number of ether oxygens (including phenoxy) is 1. The van der Waals surface area contributed by atoms with E-state index in [4.69, 9.17) is 9.57 Å². The SMILES string of the molecule is CO[N+](C)=C(O)[C@H](C)NC(=O)OC(C)(C)C. The number of carbonyl (C=O) groups excluding carboxylic acids is 1. The number of aliphatic hydroxyl groups is 1. The van der Waals surface area contributed by atoms with Crippen molar-refractivity contribution in [3.05, 3.63) is 0 Å². The molecule has 0 saturated carbocycles. The van der Waals surface area contributed by atoms with Gasteiger partial charge in [-0.05, 0) is 27.7 Å². The van der Waals surface area contributed by atoms with Gasteiger partial charge in [-0.2, -0.15) is 0 Å². The summed E-state index contributed by atoms with van der Waals surface area (Å²) in [6.07, 6.45) is -0.587. The molecule has 0 rings (SSSR count). The van der Waals surface area contributed by atoms with Gasteiger partial charge in [0.25, 0.3) is 0 Å². The first-order valence-corrected chi connectivity index (χ1v) is 5.00. The van der Waals surface area contributed by atoms with E-state index in [9.17, 15) is 9.90 Å². The standard InChI is InChI=1S/C10H20N2O4/c1-7(8(13)12(5)15-6)11-9(14)16-10(2,3)4/h7H,1-6H3,(H,11,14)/p+1/t7-/m0/s1. The van der Waals surface area contributed by atoms with Gasteiger partial charge in [-0.25, -0.2) is 4.79 Å². The Bertz CT molecular complexity index is 281. The van der Waals surface area contributed by atoms with E-state index < -0.39 is 17.7 Å². The van der Waals surface area contributed by atoms with Crippen molar-refractivity contribution in [2.24, 2.45) is 0 Å². The minimum absolute atomic E-state index is 0.103. The van der Waals surface area contributed by atoms with E-state index in [1.165, 1.54) is 14.2 Å². The minimum Gasteiger partial charge on any atom is -0.459 e. The maximum atomic E-state index is 11.4. The third-order valence-corrected chi connectivity index (χ3v) is 1.72. The molecule has 0 bridgehead atoms. The highest BCUT2D eigenvalue weighted by Crippen LogP contribution is 2.06. The fourth-order valence-corrected chi connectivity index (χ4v) is 0.915. The second kappa shape index (κ2) is 5.58. The molecule has 1 amide bonds. The number of alkyl carbamates (subject to hydrolysis) is 1. The number of nitrogens with one attached hydrogen (secondary N) is 1. The molecule has 0 aromatic carbocycles. The van der Waals surface area contributed by atoms with Gasteiger partial charge in [0.2, 0.25) is 0 Å². The van der Waals surface area contributed by atoms with E-state index in [2.05, 4.69) is 5.32 Å². The Labute approximate surface area is 95.8 Å². The van der Waals surface area contributed by atoms with Crippen LogP contribution in [0.15, 0.2) is 0 Å². The zero-order valence-corrected chi connectivity index (χ0v) is 10.7. The molecule has 0 spiro atoms. The molecule has 16 heavy (non-hydrogen) atoms. The molecule has 0 aliphatic carbocycles. The highest BCUT2D eigenvalue weighted by Gasteiger charge is 2.24. The molecule has 2 N–H and O–H groups in total. The van der Waals surface area contributed by atoms with Crippen LogP contribution in [0.3, 0.4) is 0 Å². The van der Waals surface area contributed by atoms with Crippen molar-refractivity contribution in [3.63, 3.8) is 0 Å². The number of aliphatic hydroxyl groups excluding tert-OH is 1. The zero-order chi connectivity index (χ0) is 12.9. The molecule has 0 saturated heterocycles. The molecule has 0 aromatic rings. The summed E-state index contributed by atoms with van der Waals surface area (Å²) in [5.74, 6) is -0.103. The van der Waals surface area contributed by atoms with Gasteiger partial charge in [0.15, 0.2) is 13.1 Å². The van der Waals surface area contributed by atoms with Gasteiger partial charge in [0.05, 0.1) is 0 Å². The molecule has 0 aliphatic rings. The van der Waals surface area contributed by atoms with Crippen LogP contribution >= 0.6 is 0 Å². The monoisotopic (exact) mass is 233 g/mol. The number of amides is 1. The number of nitrogens with zero attached hydrogens (tertiary/aromatic N) is 1. The average Bonchev–Trinajstić information content (AvgIpc) is 2.12. The molecule has 0 fully saturated rings. The molecule has 0 aromatic heterocycles. The zero-order valence-electron chi connectivity index (χ0n) is 10.7. The fraction of sp³-hybridized carbons (Fsp3) is 0.800. The summed E-state index contributed by atoms with van der Waals surface area (Å²) in [4.78, 5) is 16.1. The number of hydroxylamine groups is 1. The lowest BCUT2D eigenvalue weighted by atomic mass is 10.2. The van der Waals surface area contributed by atoms with E-state index in [0.29, 0.717) is 0 Å². The van der Waals surface area contributed by atoms with E-state index in [-0.39, 0.29) is 5.90 Å². The maximum absolute atomic E-state index is 11.4. The van der Waals surface area contributed by atoms with Crippen LogP contribution in [0.1, 0.15) is 27.7 Å². The van der Waals surface area contributed by atoms with Crippen molar-refractivity contribution in [1.29, 1.82) is 0 Å². The Balaban J connectivity index is 4.36. The smallest absolute Gasteiger partial charge is 0.408 e. The largest absolute Gasteiger partial charge is 0.459 e. The van der Waals surface area contributed by atoms with Gasteiger partial charge in [0.1, 0.15) is 12.7 Å². The molecule has 6 heteroatoms. The summed E-state index contributed by atoms with van der Waals surface area (Å²) in [5, 5.41) is 12.1. The first kappa shape index (κ1) is 14.5. The van der Waals surface area contributed by atoms with Gasteiger partial charge in [-0.15, -0.1) is 0 Å². The van der Waals surface area contributed by atoms with Crippen LogP contribution in [0.5, 0.6) is 0 Å². The van der Waals surface area contributed by atoms with Crippen LogP contribution in [0, 0.1) is 0 Å². The van der Waals surface area contributed by atoms with Crippen LogP contribution in [0.25, 0.3) is 0 Å². The second-order valence-corrected chi connectivity index (χ2v) is 4.41. The van der Waals surface area contributed by atoms with Crippen LogP contribution in [-0.4, -0.2) is 47.6 Å². The number of carbonyl (C=O) groups is 1. The molecule has 0 radical (unpaired) electrons. The lowest BCUT2D eigenvalue weighted by molar-refractivity contribution is -0.766. The summed E-state index contributed by atoms with van der Waals surface area (Å²) < 4.78 is 6.19. The van der Waals surface area contributed by atoms with E-state index >= 15 is 0 Å². The molecular weight excluding hydrogens is 212 g/mol. The second-order valence-electron chi connectivity index (χ2n) is 4.41. The van der Waals surface area contributed by atoms with Gasteiger partial charge in [-0.1, -0.05) is 0 Å². The lowest BCUT2D eigenvalue weighted by Crippen LogP contribution is -2.44. The van der Waals surface area contributed by atoms with E-state index in [0.717, 1.165) is 4.74 Å². The molecule has 94 valence electrons. The topological polar surface area (TPSA) is 70.8 Å². The number of hydrogen-bond donors (Lipinski definition) is 2. The summed E-state index contributed by atoms with van der Waals surface area (Å²) >= 11 is 0. The normalized spacial score (nSPS) is 14.9. The first-order chi connectivity index (χ1) is 7.17. The lowest BCUT2D eigenvalue weighted by Gasteiger charge is -2.20. The Kier molecular flexibility index (Phi) is 5.07. The van der Waals surface area contributed by atoms with E-state index in [1.807, 2.05) is 0 Å². The number of hydrogen-bond acceptors (Lipinski definition) is 3. The molecular formula is C10H21N2O4+. The van der Waals surface area contributed by atoms with E-state index in [1.54, 1.807) is 27.7 Å². The van der Waals surface area contributed by atoms with Gasteiger partial charge < -0.3 is 15.2 Å². The maximum Gasteiger partial charge on any atom is 0.408 e. The Morgan fingerprint density at radius 3 is 2.31 bits per heavy atom. The average molecular weight is 233 g/mol. The summed E-state index contributed by atoms with van der Waals surface area (Å²) in [5.41, 5.74) is -0.563. The van der Waals surface area contributed by atoms with Crippen molar-refractivity contribution >= 4 is 12.0 Å². The van der Waals surface area contributed by atoms with Crippen LogP contribution in [-0.2, 0) is 9.57 Å². The van der Waals surface area contributed by atoms with Crippen molar-refractivity contribution in [2.75, 3.05) is 14.2 Å². The Morgan fingerprint density at radius 2 is 1.94 bits per heavy atom. The molecule has 0 heterocycles. The van der Waals surface area contributed by atoms with Crippen LogP contribution < -0.4 is 5.32 Å². The highest BCUT2D eigenvalue weighted by atomic mass is 16.7. The Morgan fingerprint density at radius 1 is 1.44 bits per heavy atom. The predicted octanol–water partition coefficient (Wildman–Crippen LogP) is 1.06. The third-order valence-electron chi connectivity index (χ3n) is 1.72. The molecule has 1 atom stereocenters. The van der Waals surface area contributed by atoms with Crippen LogP contribution in [0.2, 0.25) is 0 Å². The van der Waals surface area contributed by atoms with Gasteiger partial charge in [0, 0.05) is 4.74 Å². The molecule has 0 aliphatic heterocycles. The predicted molar refractivity (Wildman–Crippen MR) is 59.7 cm³/mol. The summed E-state index contributed by atoms with van der Waals surface area (Å²) in [7, 11) is 2.94. The summed E-state index contributed by atoms with van der Waals surface area (Å²) in [6, 6.07) is -0.584. The fourth-order valence-electron chi connectivity index (χ4n) is 0.915. The summed E-state index contributed by atoms with van der Waals surface area (Å²) in [6.45, 7) is 6.92. The Hall–Kier alpha value is -1.46. The minimum atomic E-state index is -0.587. The third kappa shape index (κ3) is 5.43.